The lowest BCUT2D eigenvalue weighted by Crippen LogP contribution is -2.57. The number of amides is 3. The Hall–Kier alpha value is -3.50. The Balaban J connectivity index is 5.52. The molecule has 4 unspecified atom stereocenters. The first-order valence-corrected chi connectivity index (χ1v) is 13.0. The van der Waals surface area contributed by atoms with Crippen LogP contribution in [0, 0.1) is 0 Å². The second kappa shape index (κ2) is 20.5. The number of carbonyl (C=O) groups is 5. The first kappa shape index (κ1) is 35.5. The van der Waals surface area contributed by atoms with E-state index in [1.54, 1.807) is 0 Å². The number of rotatable bonds is 22. The molecule has 0 rings (SSSR count). The standard InChI is InChI=1S/C23H45N9O7/c24-11-3-1-6-15(30-19(35)14(26)9-10-18(33)34)20(36)31-16(7-2-4-12-25)21(37)32-17(22(38)39)8-5-13-29-23(27)28/h14-17H,1-13,24-26H2,(H,30,35)(H,31,36)(H,32,37)(H,33,34)(H,38,39)(H4,27,28,29). The topological polar surface area (TPSA) is 304 Å². The quantitative estimate of drug-likeness (QED) is 0.0361. The highest BCUT2D eigenvalue weighted by atomic mass is 16.4. The largest absolute Gasteiger partial charge is 0.481 e. The van der Waals surface area contributed by atoms with Crippen molar-refractivity contribution in [3.05, 3.63) is 0 Å². The number of carboxylic acids is 2. The van der Waals surface area contributed by atoms with E-state index in [0.29, 0.717) is 38.8 Å². The summed E-state index contributed by atoms with van der Waals surface area (Å²) in [6.45, 7) is 0.901. The van der Waals surface area contributed by atoms with E-state index in [1.807, 2.05) is 0 Å². The lowest BCUT2D eigenvalue weighted by atomic mass is 10.0. The van der Waals surface area contributed by atoms with E-state index in [1.165, 1.54) is 0 Å². The first-order chi connectivity index (χ1) is 18.4. The number of hydrogen-bond acceptors (Lipinski definition) is 9. The Bertz CT molecular complexity index is 822. The van der Waals surface area contributed by atoms with Crippen LogP contribution < -0.4 is 44.6 Å². The maximum absolute atomic E-state index is 13.2. The molecule has 0 aromatic carbocycles. The summed E-state index contributed by atoms with van der Waals surface area (Å²) in [7, 11) is 0. The maximum atomic E-state index is 13.2. The average Bonchev–Trinajstić information content (AvgIpc) is 2.87. The fraction of sp³-hybridized carbons (Fsp3) is 0.739. The molecule has 0 fully saturated rings. The summed E-state index contributed by atoms with van der Waals surface area (Å²) < 4.78 is 0. The minimum atomic E-state index is -1.26. The summed E-state index contributed by atoms with van der Waals surface area (Å²) in [6.07, 6.45) is 2.37. The average molecular weight is 560 g/mol. The van der Waals surface area contributed by atoms with Gasteiger partial charge >= 0.3 is 11.9 Å². The number of nitrogens with two attached hydrogens (primary N) is 5. The smallest absolute Gasteiger partial charge is 0.326 e. The number of nitrogens with one attached hydrogen (secondary N) is 3. The van der Waals surface area contributed by atoms with Gasteiger partial charge in [0.25, 0.3) is 0 Å². The molecule has 0 aliphatic heterocycles. The van der Waals surface area contributed by atoms with Crippen molar-refractivity contribution in [2.24, 2.45) is 33.7 Å². The van der Waals surface area contributed by atoms with Crippen LogP contribution in [0.25, 0.3) is 0 Å². The van der Waals surface area contributed by atoms with Crippen LogP contribution in [0.5, 0.6) is 0 Å². The number of unbranched alkanes of at least 4 members (excludes halogenated alkanes) is 2. The van der Waals surface area contributed by atoms with Crippen molar-refractivity contribution in [2.75, 3.05) is 19.6 Å². The van der Waals surface area contributed by atoms with Crippen LogP contribution in [0.4, 0.5) is 0 Å². The third-order valence-corrected chi connectivity index (χ3v) is 5.73. The molecule has 0 aromatic heterocycles. The number of guanidine groups is 1. The van der Waals surface area contributed by atoms with Crippen molar-refractivity contribution in [1.82, 2.24) is 16.0 Å². The van der Waals surface area contributed by atoms with Crippen LogP contribution in [0.3, 0.4) is 0 Å². The molecule has 16 heteroatoms. The second-order valence-electron chi connectivity index (χ2n) is 9.08. The number of hydrogen-bond donors (Lipinski definition) is 10. The normalized spacial score (nSPS) is 13.8. The van der Waals surface area contributed by atoms with E-state index < -0.39 is 53.8 Å². The molecule has 0 aromatic rings. The highest BCUT2D eigenvalue weighted by Crippen LogP contribution is 2.08. The minimum absolute atomic E-state index is 0.0489. The summed E-state index contributed by atoms with van der Waals surface area (Å²) in [4.78, 5) is 64.9. The summed E-state index contributed by atoms with van der Waals surface area (Å²) >= 11 is 0. The van der Waals surface area contributed by atoms with Gasteiger partial charge in [-0.3, -0.25) is 24.2 Å². The lowest BCUT2D eigenvalue weighted by molar-refractivity contribution is -0.142. The molecule has 0 radical (unpaired) electrons. The van der Waals surface area contributed by atoms with E-state index >= 15 is 0 Å². The van der Waals surface area contributed by atoms with Crippen molar-refractivity contribution in [1.29, 1.82) is 0 Å². The Morgan fingerprint density at radius 3 is 1.56 bits per heavy atom. The van der Waals surface area contributed by atoms with E-state index in [9.17, 15) is 29.1 Å². The van der Waals surface area contributed by atoms with Crippen molar-refractivity contribution in [3.63, 3.8) is 0 Å². The van der Waals surface area contributed by atoms with E-state index in [4.69, 9.17) is 33.8 Å². The Morgan fingerprint density at radius 2 is 1.13 bits per heavy atom. The Kier molecular flexibility index (Phi) is 18.6. The lowest BCUT2D eigenvalue weighted by Gasteiger charge is -2.25. The molecule has 0 saturated heterocycles. The molecule has 0 saturated carbocycles. The predicted octanol–water partition coefficient (Wildman–Crippen LogP) is -2.97. The molecule has 4 atom stereocenters. The highest BCUT2D eigenvalue weighted by molar-refractivity contribution is 5.94. The summed E-state index contributed by atoms with van der Waals surface area (Å²) in [5, 5.41) is 25.9. The van der Waals surface area contributed by atoms with Gasteiger partial charge in [0.2, 0.25) is 17.7 Å². The molecular weight excluding hydrogens is 514 g/mol. The van der Waals surface area contributed by atoms with Crippen LogP contribution in [-0.2, 0) is 24.0 Å². The summed E-state index contributed by atoms with van der Waals surface area (Å²) in [5.74, 6) is -4.59. The maximum Gasteiger partial charge on any atom is 0.326 e. The molecule has 224 valence electrons. The zero-order valence-electron chi connectivity index (χ0n) is 22.3. The molecule has 0 heterocycles. The summed E-state index contributed by atoms with van der Waals surface area (Å²) in [5.41, 5.74) is 27.4. The third-order valence-electron chi connectivity index (χ3n) is 5.73. The van der Waals surface area contributed by atoms with Crippen LogP contribution >= 0.6 is 0 Å². The van der Waals surface area contributed by atoms with E-state index in [2.05, 4.69) is 20.9 Å². The molecule has 0 spiro atoms. The highest BCUT2D eigenvalue weighted by Gasteiger charge is 2.30. The number of carbonyl (C=O) groups excluding carboxylic acids is 3. The van der Waals surface area contributed by atoms with Gasteiger partial charge in [0.15, 0.2) is 5.96 Å². The van der Waals surface area contributed by atoms with Crippen LogP contribution in [0.2, 0.25) is 0 Å². The number of aliphatic imine (C=N–C) groups is 1. The van der Waals surface area contributed by atoms with Gasteiger partial charge in [-0.05, 0) is 70.9 Å². The fourth-order valence-electron chi connectivity index (χ4n) is 3.52. The monoisotopic (exact) mass is 559 g/mol. The number of nitrogens with zero attached hydrogens (tertiary/aromatic N) is 1. The van der Waals surface area contributed by atoms with Gasteiger partial charge in [-0.1, -0.05) is 0 Å². The van der Waals surface area contributed by atoms with Gasteiger partial charge in [0, 0.05) is 13.0 Å². The minimum Gasteiger partial charge on any atom is -0.481 e. The predicted molar refractivity (Wildman–Crippen MR) is 144 cm³/mol. The van der Waals surface area contributed by atoms with Gasteiger partial charge in [-0.2, -0.15) is 0 Å². The molecule has 16 nitrogen and oxygen atoms in total. The molecule has 0 aliphatic carbocycles. The van der Waals surface area contributed by atoms with Crippen molar-refractivity contribution < 1.29 is 34.2 Å². The molecule has 0 bridgehead atoms. The zero-order valence-corrected chi connectivity index (χ0v) is 22.3. The summed E-state index contributed by atoms with van der Waals surface area (Å²) in [6, 6.07) is -4.56. The van der Waals surface area contributed by atoms with Crippen LogP contribution in [0.1, 0.15) is 64.2 Å². The Morgan fingerprint density at radius 1 is 0.667 bits per heavy atom. The third kappa shape index (κ3) is 16.9. The van der Waals surface area contributed by atoms with E-state index in [0.717, 1.165) is 0 Å². The molecule has 0 aliphatic rings. The van der Waals surface area contributed by atoms with Gasteiger partial charge < -0.3 is 54.8 Å². The number of aliphatic carboxylic acids is 2. The van der Waals surface area contributed by atoms with Crippen molar-refractivity contribution in [3.8, 4) is 0 Å². The molecule has 3 amide bonds. The molecule has 39 heavy (non-hydrogen) atoms. The van der Waals surface area contributed by atoms with Crippen LogP contribution in [0.15, 0.2) is 4.99 Å². The second-order valence-corrected chi connectivity index (χ2v) is 9.08. The first-order valence-electron chi connectivity index (χ1n) is 13.0. The fourth-order valence-corrected chi connectivity index (χ4v) is 3.52. The van der Waals surface area contributed by atoms with Crippen molar-refractivity contribution in [2.45, 2.75) is 88.4 Å². The van der Waals surface area contributed by atoms with Gasteiger partial charge in [-0.15, -0.1) is 0 Å². The van der Waals surface area contributed by atoms with Gasteiger partial charge in [0.05, 0.1) is 6.04 Å². The van der Waals surface area contributed by atoms with Gasteiger partial charge in [0.1, 0.15) is 18.1 Å². The van der Waals surface area contributed by atoms with Crippen LogP contribution in [-0.4, -0.2) is 89.6 Å². The molecule has 15 N–H and O–H groups in total. The number of carboxylic acid groups (broad SMARTS) is 2. The Labute approximate surface area is 227 Å². The zero-order chi connectivity index (χ0) is 29.8. The SMILES string of the molecule is NCCCCC(NC(=O)C(N)CCC(=O)O)C(=O)NC(CCCCN)C(=O)NC(CCCN=C(N)N)C(=O)O. The van der Waals surface area contributed by atoms with E-state index in [-0.39, 0.29) is 51.0 Å². The van der Waals surface area contributed by atoms with Gasteiger partial charge in [-0.25, -0.2) is 4.79 Å². The van der Waals surface area contributed by atoms with Crippen molar-refractivity contribution >= 4 is 35.6 Å². The molecular formula is C23H45N9O7.